The van der Waals surface area contributed by atoms with E-state index >= 15 is 0 Å². The zero-order chi connectivity index (χ0) is 24.3. The summed E-state index contributed by atoms with van der Waals surface area (Å²) in [5.41, 5.74) is 2.62. The van der Waals surface area contributed by atoms with Crippen LogP contribution in [0.3, 0.4) is 0 Å². The van der Waals surface area contributed by atoms with Crippen LogP contribution in [-0.2, 0) is 16.0 Å². The van der Waals surface area contributed by atoms with Crippen molar-refractivity contribution >= 4 is 11.6 Å². The standard InChI is InChI=1S/C26H30ClN3O4/c1-4-15-33-19-23(31)17-29(14-16-32-3)18-25-20(2)28-30(22-8-6-5-7-9-22)26(25)34-24-12-10-21(27)11-13-24/h1,5-13,23,31H,14-19H2,2-3H3/t23-/m0/s1. The Morgan fingerprint density at radius 2 is 1.91 bits per heavy atom. The monoisotopic (exact) mass is 483 g/mol. The second-order valence-corrected chi connectivity index (χ2v) is 8.21. The molecule has 1 N–H and O–H groups in total. The Hall–Kier alpha value is -2.86. The van der Waals surface area contributed by atoms with Crippen LogP contribution in [-0.4, -0.2) is 65.9 Å². The van der Waals surface area contributed by atoms with Gasteiger partial charge in [0.15, 0.2) is 0 Å². The number of terminal acetylenes is 1. The van der Waals surface area contributed by atoms with E-state index in [4.69, 9.17) is 37.3 Å². The van der Waals surface area contributed by atoms with Crippen LogP contribution < -0.4 is 4.74 Å². The number of aliphatic hydroxyl groups excluding tert-OH is 1. The van der Waals surface area contributed by atoms with Gasteiger partial charge in [0, 0.05) is 31.8 Å². The third-order valence-electron chi connectivity index (χ3n) is 5.12. The highest BCUT2D eigenvalue weighted by molar-refractivity contribution is 6.30. The SMILES string of the molecule is C#CCOC[C@@H](O)CN(CCOC)Cc1c(C)nn(-c2ccccc2)c1Oc1ccc(Cl)cc1. The number of methoxy groups -OCH3 is 1. The number of benzene rings is 2. The number of aromatic nitrogens is 2. The van der Waals surface area contributed by atoms with Crippen molar-refractivity contribution in [3.05, 3.63) is 70.9 Å². The quantitative estimate of drug-likeness (QED) is 0.292. The molecule has 34 heavy (non-hydrogen) atoms. The first-order valence-electron chi connectivity index (χ1n) is 11.0. The number of hydrogen-bond donors (Lipinski definition) is 1. The molecule has 0 amide bonds. The Morgan fingerprint density at radius 3 is 2.59 bits per heavy atom. The zero-order valence-corrected chi connectivity index (χ0v) is 20.2. The van der Waals surface area contributed by atoms with Gasteiger partial charge in [0.2, 0.25) is 5.88 Å². The van der Waals surface area contributed by atoms with E-state index in [2.05, 4.69) is 10.8 Å². The van der Waals surface area contributed by atoms with Crippen molar-refractivity contribution in [3.63, 3.8) is 0 Å². The molecule has 0 bridgehead atoms. The number of rotatable bonds is 13. The van der Waals surface area contributed by atoms with E-state index in [-0.39, 0.29) is 13.2 Å². The highest BCUT2D eigenvalue weighted by Crippen LogP contribution is 2.32. The maximum atomic E-state index is 10.5. The molecule has 0 saturated heterocycles. The summed E-state index contributed by atoms with van der Waals surface area (Å²) in [7, 11) is 1.65. The van der Waals surface area contributed by atoms with E-state index in [0.29, 0.717) is 42.9 Å². The molecule has 1 heterocycles. The highest BCUT2D eigenvalue weighted by atomic mass is 35.5. The van der Waals surface area contributed by atoms with Crippen LogP contribution in [0.4, 0.5) is 0 Å². The minimum Gasteiger partial charge on any atom is -0.439 e. The van der Waals surface area contributed by atoms with Crippen LogP contribution >= 0.6 is 11.6 Å². The van der Waals surface area contributed by atoms with E-state index in [9.17, 15) is 5.11 Å². The molecule has 1 aromatic heterocycles. The molecular formula is C26H30ClN3O4. The third kappa shape index (κ3) is 7.32. The molecular weight excluding hydrogens is 454 g/mol. The predicted octanol–water partition coefficient (Wildman–Crippen LogP) is 4.09. The summed E-state index contributed by atoms with van der Waals surface area (Å²) < 4.78 is 18.7. The van der Waals surface area contributed by atoms with Gasteiger partial charge in [0.1, 0.15) is 12.4 Å². The molecule has 0 unspecified atom stereocenters. The molecule has 0 saturated carbocycles. The summed E-state index contributed by atoms with van der Waals surface area (Å²) in [6, 6.07) is 17.0. The van der Waals surface area contributed by atoms with Gasteiger partial charge >= 0.3 is 0 Å². The number of para-hydroxylation sites is 1. The molecule has 1 atom stereocenters. The lowest BCUT2D eigenvalue weighted by molar-refractivity contribution is 0.0206. The van der Waals surface area contributed by atoms with E-state index in [1.165, 1.54) is 0 Å². The smallest absolute Gasteiger partial charge is 0.227 e. The van der Waals surface area contributed by atoms with Crippen molar-refractivity contribution in [1.29, 1.82) is 0 Å². The van der Waals surface area contributed by atoms with E-state index < -0.39 is 6.10 Å². The largest absolute Gasteiger partial charge is 0.439 e. The molecule has 3 aromatic rings. The summed E-state index contributed by atoms with van der Waals surface area (Å²) in [5.74, 6) is 3.66. The van der Waals surface area contributed by atoms with Crippen molar-refractivity contribution in [2.45, 2.75) is 19.6 Å². The van der Waals surface area contributed by atoms with Crippen LogP contribution in [0, 0.1) is 19.3 Å². The Balaban J connectivity index is 1.91. The van der Waals surface area contributed by atoms with Crippen LogP contribution in [0.1, 0.15) is 11.3 Å². The van der Waals surface area contributed by atoms with Gasteiger partial charge in [-0.25, -0.2) is 4.68 Å². The molecule has 7 nitrogen and oxygen atoms in total. The topological polar surface area (TPSA) is 69.0 Å². The van der Waals surface area contributed by atoms with E-state index in [1.54, 1.807) is 23.9 Å². The van der Waals surface area contributed by atoms with Gasteiger partial charge in [-0.3, -0.25) is 4.90 Å². The van der Waals surface area contributed by atoms with Gasteiger partial charge in [-0.1, -0.05) is 35.7 Å². The van der Waals surface area contributed by atoms with Crippen molar-refractivity contribution in [2.75, 3.05) is 40.0 Å². The lowest BCUT2D eigenvalue weighted by atomic mass is 10.2. The minimum absolute atomic E-state index is 0.157. The number of nitrogens with zero attached hydrogens (tertiary/aromatic N) is 3. The van der Waals surface area contributed by atoms with Crippen LogP contribution in [0.5, 0.6) is 11.6 Å². The molecule has 0 fully saturated rings. The number of halogens is 1. The fourth-order valence-corrected chi connectivity index (χ4v) is 3.59. The predicted molar refractivity (Wildman–Crippen MR) is 133 cm³/mol. The maximum Gasteiger partial charge on any atom is 0.227 e. The average Bonchev–Trinajstić information content (AvgIpc) is 3.14. The first-order chi connectivity index (χ1) is 16.5. The summed E-state index contributed by atoms with van der Waals surface area (Å²) in [5, 5.41) is 15.9. The molecule has 0 spiro atoms. The minimum atomic E-state index is -0.699. The summed E-state index contributed by atoms with van der Waals surface area (Å²) >= 11 is 6.05. The Morgan fingerprint density at radius 1 is 1.18 bits per heavy atom. The van der Waals surface area contributed by atoms with Crippen molar-refractivity contribution in [2.24, 2.45) is 0 Å². The van der Waals surface area contributed by atoms with Gasteiger partial charge in [-0.2, -0.15) is 5.10 Å². The second-order valence-electron chi connectivity index (χ2n) is 7.77. The Labute approximate surface area is 205 Å². The fourth-order valence-electron chi connectivity index (χ4n) is 3.47. The van der Waals surface area contributed by atoms with Crippen molar-refractivity contribution in [3.8, 4) is 29.7 Å². The first kappa shape index (κ1) is 25.8. The normalized spacial score (nSPS) is 12.0. The zero-order valence-electron chi connectivity index (χ0n) is 19.5. The second kappa shape index (κ2) is 13.1. The van der Waals surface area contributed by atoms with Gasteiger partial charge < -0.3 is 19.3 Å². The molecule has 3 rings (SSSR count). The maximum absolute atomic E-state index is 10.5. The number of ether oxygens (including phenoxy) is 3. The first-order valence-corrected chi connectivity index (χ1v) is 11.4. The lowest BCUT2D eigenvalue weighted by Gasteiger charge is -2.25. The fraction of sp³-hybridized carbons (Fsp3) is 0.346. The Kier molecular flexibility index (Phi) is 9.95. The van der Waals surface area contributed by atoms with Gasteiger partial charge in [0.05, 0.1) is 36.3 Å². The molecule has 0 aliphatic carbocycles. The molecule has 180 valence electrons. The number of aliphatic hydroxyl groups is 1. The van der Waals surface area contributed by atoms with Crippen LogP contribution in [0.15, 0.2) is 54.6 Å². The number of aryl methyl sites for hydroxylation is 1. The molecule has 0 radical (unpaired) electrons. The molecule has 0 aliphatic rings. The average molecular weight is 484 g/mol. The van der Waals surface area contributed by atoms with Gasteiger partial charge in [-0.05, 0) is 43.3 Å². The third-order valence-corrected chi connectivity index (χ3v) is 5.38. The summed E-state index contributed by atoms with van der Waals surface area (Å²) in [6.45, 7) is 4.27. The Bertz CT molecular complexity index is 1060. The van der Waals surface area contributed by atoms with Crippen LogP contribution in [0.25, 0.3) is 5.69 Å². The van der Waals surface area contributed by atoms with Crippen LogP contribution in [0.2, 0.25) is 5.02 Å². The summed E-state index contributed by atoms with van der Waals surface area (Å²) in [6.07, 6.45) is 4.53. The van der Waals surface area contributed by atoms with E-state index in [0.717, 1.165) is 16.9 Å². The molecule has 0 aliphatic heterocycles. The lowest BCUT2D eigenvalue weighted by Crippen LogP contribution is -2.36. The molecule has 8 heteroatoms. The number of hydrogen-bond acceptors (Lipinski definition) is 6. The van der Waals surface area contributed by atoms with Gasteiger partial charge in [-0.15, -0.1) is 6.42 Å². The van der Waals surface area contributed by atoms with Crippen molar-refractivity contribution in [1.82, 2.24) is 14.7 Å². The highest BCUT2D eigenvalue weighted by Gasteiger charge is 2.22. The van der Waals surface area contributed by atoms with Crippen molar-refractivity contribution < 1.29 is 19.3 Å². The van der Waals surface area contributed by atoms with Gasteiger partial charge in [0.25, 0.3) is 0 Å². The van der Waals surface area contributed by atoms with E-state index in [1.807, 2.05) is 49.4 Å². The summed E-state index contributed by atoms with van der Waals surface area (Å²) in [4.78, 5) is 2.08. The molecule has 2 aromatic carbocycles.